The molecular formula is C35H38BrN3O5S. The van der Waals surface area contributed by atoms with E-state index in [-0.39, 0.29) is 23.8 Å². The Bertz CT molecular complexity index is 1630. The van der Waals surface area contributed by atoms with Gasteiger partial charge >= 0.3 is 0 Å². The van der Waals surface area contributed by atoms with Gasteiger partial charge in [-0.25, -0.2) is 8.42 Å². The van der Waals surface area contributed by atoms with Crippen LogP contribution in [0.15, 0.2) is 119 Å². The molecule has 0 bridgehead atoms. The van der Waals surface area contributed by atoms with Gasteiger partial charge in [0, 0.05) is 24.0 Å². The predicted molar refractivity (Wildman–Crippen MR) is 181 cm³/mol. The minimum Gasteiger partial charge on any atom is -0.494 e. The highest BCUT2D eigenvalue weighted by Crippen LogP contribution is 2.26. The molecule has 0 fully saturated rings. The van der Waals surface area contributed by atoms with Crippen molar-refractivity contribution in [2.45, 2.75) is 44.2 Å². The maximum Gasteiger partial charge on any atom is 0.264 e. The number of ether oxygens (including phenoxy) is 1. The fraction of sp³-hybridized carbons (Fsp3) is 0.257. The van der Waals surface area contributed by atoms with Gasteiger partial charge in [0.15, 0.2) is 0 Å². The zero-order chi connectivity index (χ0) is 32.2. The summed E-state index contributed by atoms with van der Waals surface area (Å²) in [6.45, 7) is 4.30. The quantitative estimate of drug-likeness (QED) is 0.160. The highest BCUT2D eigenvalue weighted by molar-refractivity contribution is 9.10. The Balaban J connectivity index is 1.76. The second-order valence-corrected chi connectivity index (χ2v) is 13.2. The van der Waals surface area contributed by atoms with E-state index in [2.05, 4.69) is 21.2 Å². The number of sulfonamides is 1. The standard InChI is InChI=1S/C35H38BrN3O5S/c1-3-23-37-35(41)33(24-27-11-7-5-8-12-27)38(25-28-15-17-29(36)18-16-28)34(40)26-39(30-13-9-6-10-14-30)45(42,43)32-21-19-31(20-22-32)44-4-2/h5-22,33H,3-4,23-26H2,1-2H3,(H,37,41)/t33-/m0/s1. The van der Waals surface area contributed by atoms with E-state index >= 15 is 0 Å². The van der Waals surface area contributed by atoms with Crippen LogP contribution in [0.4, 0.5) is 5.69 Å². The first kappa shape index (κ1) is 33.7. The fourth-order valence-electron chi connectivity index (χ4n) is 4.83. The SMILES string of the molecule is CCCNC(=O)[C@H](Cc1ccccc1)N(Cc1ccc(Br)cc1)C(=O)CN(c1ccccc1)S(=O)(=O)c1ccc(OCC)cc1. The van der Waals surface area contributed by atoms with E-state index in [1.54, 1.807) is 42.5 Å². The van der Waals surface area contributed by atoms with Crippen molar-refractivity contribution in [1.82, 2.24) is 10.2 Å². The Morgan fingerprint density at radius 1 is 0.822 bits per heavy atom. The summed E-state index contributed by atoms with van der Waals surface area (Å²) in [6.07, 6.45) is 0.988. The third-order valence-electron chi connectivity index (χ3n) is 7.13. The Hall–Kier alpha value is -4.15. The van der Waals surface area contributed by atoms with Crippen molar-refractivity contribution < 1.29 is 22.7 Å². The molecule has 0 aliphatic carbocycles. The molecule has 1 atom stereocenters. The molecule has 0 spiro atoms. The van der Waals surface area contributed by atoms with E-state index in [0.29, 0.717) is 24.6 Å². The summed E-state index contributed by atoms with van der Waals surface area (Å²) < 4.78 is 35.7. The Labute approximate surface area is 274 Å². The van der Waals surface area contributed by atoms with Crippen LogP contribution in [0.3, 0.4) is 0 Å². The second kappa shape index (κ2) is 16.2. The number of amides is 2. The molecule has 0 aromatic heterocycles. The number of carbonyl (C=O) groups excluding carboxylic acids is 2. The van der Waals surface area contributed by atoms with Crippen molar-refractivity contribution in [3.8, 4) is 5.75 Å². The summed E-state index contributed by atoms with van der Waals surface area (Å²) in [6, 6.07) is 30.7. The topological polar surface area (TPSA) is 96.0 Å². The number of rotatable bonds is 15. The summed E-state index contributed by atoms with van der Waals surface area (Å²) >= 11 is 3.46. The highest BCUT2D eigenvalue weighted by atomic mass is 79.9. The first-order chi connectivity index (χ1) is 21.7. The molecule has 0 heterocycles. The summed E-state index contributed by atoms with van der Waals surface area (Å²) in [5, 5.41) is 2.96. The van der Waals surface area contributed by atoms with Gasteiger partial charge in [-0.15, -0.1) is 0 Å². The minimum absolute atomic E-state index is 0.0172. The summed E-state index contributed by atoms with van der Waals surface area (Å²) in [7, 11) is -4.19. The summed E-state index contributed by atoms with van der Waals surface area (Å²) in [5.41, 5.74) is 2.01. The van der Waals surface area contributed by atoms with Gasteiger partial charge in [0.2, 0.25) is 11.8 Å². The predicted octanol–water partition coefficient (Wildman–Crippen LogP) is 6.21. The Morgan fingerprint density at radius 2 is 1.44 bits per heavy atom. The van der Waals surface area contributed by atoms with Crippen LogP contribution in [0.1, 0.15) is 31.4 Å². The number of anilines is 1. The van der Waals surface area contributed by atoms with Gasteiger partial charge in [0.05, 0.1) is 17.2 Å². The molecule has 4 aromatic rings. The van der Waals surface area contributed by atoms with E-state index in [0.717, 1.165) is 26.3 Å². The summed E-state index contributed by atoms with van der Waals surface area (Å²) in [5.74, 6) is -0.267. The largest absolute Gasteiger partial charge is 0.494 e. The van der Waals surface area contributed by atoms with E-state index in [1.807, 2.05) is 68.4 Å². The molecule has 236 valence electrons. The molecule has 0 aliphatic heterocycles. The van der Waals surface area contributed by atoms with E-state index in [1.165, 1.54) is 17.0 Å². The molecule has 4 aromatic carbocycles. The van der Waals surface area contributed by atoms with Crippen LogP contribution in [0.5, 0.6) is 5.75 Å². The molecule has 0 unspecified atom stereocenters. The lowest BCUT2D eigenvalue weighted by Crippen LogP contribution is -2.53. The van der Waals surface area contributed by atoms with Crippen LogP contribution in [-0.4, -0.2) is 50.9 Å². The van der Waals surface area contributed by atoms with Crippen molar-refractivity contribution in [3.63, 3.8) is 0 Å². The maximum atomic E-state index is 14.4. The smallest absolute Gasteiger partial charge is 0.264 e. The molecule has 0 aliphatic rings. The molecule has 8 nitrogen and oxygen atoms in total. The normalized spacial score (nSPS) is 11.8. The molecule has 4 rings (SSSR count). The fourth-order valence-corrected chi connectivity index (χ4v) is 6.51. The van der Waals surface area contributed by atoms with Gasteiger partial charge in [-0.05, 0) is 73.0 Å². The maximum absolute atomic E-state index is 14.4. The monoisotopic (exact) mass is 691 g/mol. The van der Waals surface area contributed by atoms with Gasteiger partial charge < -0.3 is 15.0 Å². The molecule has 1 N–H and O–H groups in total. The number of carbonyl (C=O) groups is 2. The molecular weight excluding hydrogens is 654 g/mol. The molecule has 2 amide bonds. The van der Waals surface area contributed by atoms with Gasteiger partial charge in [-0.2, -0.15) is 0 Å². The van der Waals surface area contributed by atoms with Gasteiger partial charge in [-0.1, -0.05) is 83.5 Å². The van der Waals surface area contributed by atoms with E-state index < -0.39 is 28.5 Å². The van der Waals surface area contributed by atoms with Gasteiger partial charge in [-0.3, -0.25) is 13.9 Å². The molecule has 0 saturated heterocycles. The lowest BCUT2D eigenvalue weighted by Gasteiger charge is -2.34. The summed E-state index contributed by atoms with van der Waals surface area (Å²) in [4.78, 5) is 29.6. The highest BCUT2D eigenvalue weighted by Gasteiger charge is 2.34. The first-order valence-corrected chi connectivity index (χ1v) is 17.1. The van der Waals surface area contributed by atoms with E-state index in [9.17, 15) is 18.0 Å². The zero-order valence-electron chi connectivity index (χ0n) is 25.4. The van der Waals surface area contributed by atoms with Crippen molar-refractivity contribution in [1.29, 1.82) is 0 Å². The number of benzene rings is 4. The number of nitrogens with one attached hydrogen (secondary N) is 1. The number of nitrogens with zero attached hydrogens (tertiary/aromatic N) is 2. The third kappa shape index (κ3) is 9.18. The van der Waals surface area contributed by atoms with Crippen LogP contribution < -0.4 is 14.4 Å². The lowest BCUT2D eigenvalue weighted by molar-refractivity contribution is -0.140. The van der Waals surface area contributed by atoms with Crippen LogP contribution in [-0.2, 0) is 32.6 Å². The van der Waals surface area contributed by atoms with Gasteiger partial charge in [0.1, 0.15) is 18.3 Å². The molecule has 0 saturated carbocycles. The molecule has 45 heavy (non-hydrogen) atoms. The first-order valence-electron chi connectivity index (χ1n) is 14.9. The van der Waals surface area contributed by atoms with Crippen LogP contribution in [0.2, 0.25) is 0 Å². The Morgan fingerprint density at radius 3 is 2.04 bits per heavy atom. The van der Waals surface area contributed by atoms with Crippen molar-refractivity contribution in [2.75, 3.05) is 24.0 Å². The number of hydrogen-bond donors (Lipinski definition) is 1. The number of para-hydroxylation sites is 1. The Kier molecular flexibility index (Phi) is 12.2. The van der Waals surface area contributed by atoms with Crippen molar-refractivity contribution >= 4 is 43.5 Å². The van der Waals surface area contributed by atoms with Crippen molar-refractivity contribution in [2.24, 2.45) is 0 Å². The zero-order valence-corrected chi connectivity index (χ0v) is 27.8. The number of hydrogen-bond acceptors (Lipinski definition) is 5. The van der Waals surface area contributed by atoms with Crippen LogP contribution >= 0.6 is 15.9 Å². The van der Waals surface area contributed by atoms with Crippen LogP contribution in [0.25, 0.3) is 0 Å². The average Bonchev–Trinajstić information content (AvgIpc) is 3.06. The molecule has 10 heteroatoms. The third-order valence-corrected chi connectivity index (χ3v) is 9.45. The average molecular weight is 693 g/mol. The van der Waals surface area contributed by atoms with Crippen molar-refractivity contribution in [3.05, 3.63) is 125 Å². The number of halogens is 1. The molecule has 0 radical (unpaired) electrons. The van der Waals surface area contributed by atoms with Crippen LogP contribution in [0, 0.1) is 0 Å². The van der Waals surface area contributed by atoms with E-state index in [4.69, 9.17) is 4.74 Å². The lowest BCUT2D eigenvalue weighted by atomic mass is 10.0. The second-order valence-electron chi connectivity index (χ2n) is 10.4. The van der Waals surface area contributed by atoms with Gasteiger partial charge in [0.25, 0.3) is 10.0 Å². The minimum atomic E-state index is -4.19.